The summed E-state index contributed by atoms with van der Waals surface area (Å²) >= 11 is 0. The molecule has 3 aliphatic rings. The average Bonchev–Trinajstić information content (AvgIpc) is 3.20. The lowest BCUT2D eigenvalue weighted by atomic mass is 10.0. The Morgan fingerprint density at radius 3 is 2.54 bits per heavy atom. The van der Waals surface area contributed by atoms with Gasteiger partial charge in [0.25, 0.3) is 11.8 Å². The van der Waals surface area contributed by atoms with E-state index in [1.165, 1.54) is 0 Å². The maximum atomic E-state index is 12.9. The number of nitrogens with zero attached hydrogens (tertiary/aromatic N) is 2. The highest BCUT2D eigenvalue weighted by Crippen LogP contribution is 2.33. The fourth-order valence-electron chi connectivity index (χ4n) is 4.11. The highest BCUT2D eigenvalue weighted by Gasteiger charge is 2.44. The summed E-state index contributed by atoms with van der Waals surface area (Å²) in [6.45, 7) is 1.67. The molecule has 2 amide bonds. The molecule has 0 radical (unpaired) electrons. The molecule has 0 spiro atoms. The summed E-state index contributed by atoms with van der Waals surface area (Å²) in [5, 5.41) is 31.6. The molecular formula is C18H23N3O5. The van der Waals surface area contributed by atoms with Crippen LogP contribution in [0.2, 0.25) is 0 Å². The molecule has 8 heteroatoms. The van der Waals surface area contributed by atoms with Crippen LogP contribution < -0.4 is 10.2 Å². The third-order valence-electron chi connectivity index (χ3n) is 5.61. The Balaban J connectivity index is 1.59. The van der Waals surface area contributed by atoms with Gasteiger partial charge in [0, 0.05) is 31.3 Å². The van der Waals surface area contributed by atoms with Gasteiger partial charge in [-0.15, -0.1) is 0 Å². The number of carbonyl (C=O) groups is 2. The van der Waals surface area contributed by atoms with Crippen molar-refractivity contribution in [3.8, 4) is 0 Å². The number of amides is 2. The normalized spacial score (nSPS) is 31.7. The Labute approximate surface area is 151 Å². The number of imide groups is 1. The predicted octanol–water partition coefficient (Wildman–Crippen LogP) is -0.510. The monoisotopic (exact) mass is 361 g/mol. The molecule has 140 valence electrons. The van der Waals surface area contributed by atoms with Crippen molar-refractivity contribution >= 4 is 17.5 Å². The number of piperidine rings is 1. The van der Waals surface area contributed by atoms with E-state index in [1.807, 2.05) is 6.07 Å². The van der Waals surface area contributed by atoms with E-state index in [-0.39, 0.29) is 12.5 Å². The summed E-state index contributed by atoms with van der Waals surface area (Å²) in [6, 6.07) is 4.52. The summed E-state index contributed by atoms with van der Waals surface area (Å²) in [5.41, 5.74) is 1.55. The summed E-state index contributed by atoms with van der Waals surface area (Å²) in [4.78, 5) is 28.8. The molecule has 1 aromatic carbocycles. The number of fused-ring (bicyclic) bond motifs is 1. The smallest absolute Gasteiger partial charge is 0.262 e. The molecular weight excluding hydrogens is 338 g/mol. The van der Waals surface area contributed by atoms with Gasteiger partial charge in [0.05, 0.1) is 17.2 Å². The van der Waals surface area contributed by atoms with E-state index in [1.54, 1.807) is 12.1 Å². The second-order valence-corrected chi connectivity index (χ2v) is 7.27. The van der Waals surface area contributed by atoms with Crippen LogP contribution in [-0.4, -0.2) is 70.2 Å². The number of hydrogen-bond donors (Lipinski definition) is 4. The first-order chi connectivity index (χ1) is 12.5. The van der Waals surface area contributed by atoms with Crippen LogP contribution in [0.25, 0.3) is 0 Å². The zero-order chi connectivity index (χ0) is 18.4. The minimum Gasteiger partial charge on any atom is -0.396 e. The summed E-state index contributed by atoms with van der Waals surface area (Å²) in [7, 11) is 0. The van der Waals surface area contributed by atoms with Crippen LogP contribution in [0.3, 0.4) is 0 Å². The third kappa shape index (κ3) is 2.79. The lowest BCUT2D eigenvalue weighted by Gasteiger charge is -2.36. The highest BCUT2D eigenvalue weighted by molar-refractivity contribution is 6.22. The van der Waals surface area contributed by atoms with Gasteiger partial charge < -0.3 is 20.2 Å². The van der Waals surface area contributed by atoms with Crippen molar-refractivity contribution in [1.82, 2.24) is 10.2 Å². The van der Waals surface area contributed by atoms with Crippen LogP contribution in [0.4, 0.5) is 5.69 Å². The largest absolute Gasteiger partial charge is 0.396 e. The number of nitrogens with one attached hydrogen (secondary N) is 1. The lowest BCUT2D eigenvalue weighted by Crippen LogP contribution is -2.58. The van der Waals surface area contributed by atoms with Crippen molar-refractivity contribution in [2.24, 2.45) is 5.92 Å². The Morgan fingerprint density at radius 1 is 1.08 bits per heavy atom. The molecule has 8 nitrogen and oxygen atoms in total. The molecule has 4 rings (SSSR count). The van der Waals surface area contributed by atoms with Gasteiger partial charge in [-0.1, -0.05) is 0 Å². The van der Waals surface area contributed by atoms with E-state index in [0.29, 0.717) is 24.0 Å². The number of anilines is 1. The molecule has 0 aromatic heterocycles. The zero-order valence-corrected chi connectivity index (χ0v) is 14.3. The van der Waals surface area contributed by atoms with E-state index in [2.05, 4.69) is 10.2 Å². The summed E-state index contributed by atoms with van der Waals surface area (Å²) in [5.74, 6) is -0.590. The van der Waals surface area contributed by atoms with Gasteiger partial charge in [-0.2, -0.15) is 0 Å². The van der Waals surface area contributed by atoms with Gasteiger partial charge in [-0.3, -0.25) is 19.8 Å². The lowest BCUT2D eigenvalue weighted by molar-refractivity contribution is -0.0413. The quantitative estimate of drug-likeness (QED) is 0.536. The molecule has 4 atom stereocenters. The SMILES string of the molecule is O=C1c2ccc(N3CCC(CO)C3)cc2C(=O)N1C1CCC(O)NC1O. The molecule has 2 saturated heterocycles. The van der Waals surface area contributed by atoms with Crippen molar-refractivity contribution in [1.29, 1.82) is 0 Å². The maximum absolute atomic E-state index is 12.9. The highest BCUT2D eigenvalue weighted by atomic mass is 16.3. The summed E-state index contributed by atoms with van der Waals surface area (Å²) < 4.78 is 0. The van der Waals surface area contributed by atoms with Crippen molar-refractivity contribution in [2.75, 3.05) is 24.6 Å². The van der Waals surface area contributed by atoms with Crippen LogP contribution in [0.15, 0.2) is 18.2 Å². The Hall–Kier alpha value is -2.00. The maximum Gasteiger partial charge on any atom is 0.262 e. The summed E-state index contributed by atoms with van der Waals surface area (Å²) in [6.07, 6.45) is -0.384. The first kappa shape index (κ1) is 17.4. The van der Waals surface area contributed by atoms with E-state index < -0.39 is 30.3 Å². The second kappa shape index (κ2) is 6.62. The van der Waals surface area contributed by atoms with E-state index in [9.17, 15) is 24.9 Å². The van der Waals surface area contributed by atoms with Gasteiger partial charge in [0.15, 0.2) is 0 Å². The van der Waals surface area contributed by atoms with Crippen LogP contribution in [0.5, 0.6) is 0 Å². The topological polar surface area (TPSA) is 113 Å². The molecule has 4 N–H and O–H groups in total. The van der Waals surface area contributed by atoms with Gasteiger partial charge >= 0.3 is 0 Å². The molecule has 0 saturated carbocycles. The minimum atomic E-state index is -1.15. The van der Waals surface area contributed by atoms with Crippen molar-refractivity contribution in [3.05, 3.63) is 29.3 Å². The minimum absolute atomic E-state index is 0.144. The van der Waals surface area contributed by atoms with E-state index >= 15 is 0 Å². The van der Waals surface area contributed by atoms with Crippen molar-refractivity contribution in [2.45, 2.75) is 37.8 Å². The van der Waals surface area contributed by atoms with Crippen molar-refractivity contribution in [3.63, 3.8) is 0 Å². The Kier molecular flexibility index (Phi) is 4.44. The van der Waals surface area contributed by atoms with Gasteiger partial charge in [0.2, 0.25) is 0 Å². The fraction of sp³-hybridized carbons (Fsp3) is 0.556. The van der Waals surface area contributed by atoms with Gasteiger partial charge in [0.1, 0.15) is 12.5 Å². The Bertz CT molecular complexity index is 740. The van der Waals surface area contributed by atoms with Crippen LogP contribution >= 0.6 is 0 Å². The predicted molar refractivity (Wildman–Crippen MR) is 92.5 cm³/mol. The average molecular weight is 361 g/mol. The molecule has 0 aliphatic carbocycles. The molecule has 4 unspecified atom stereocenters. The van der Waals surface area contributed by atoms with Crippen LogP contribution in [0, 0.1) is 5.92 Å². The van der Waals surface area contributed by atoms with E-state index in [4.69, 9.17) is 0 Å². The first-order valence-electron chi connectivity index (χ1n) is 8.99. The van der Waals surface area contributed by atoms with Crippen LogP contribution in [0.1, 0.15) is 40.0 Å². The number of benzene rings is 1. The molecule has 3 heterocycles. The molecule has 3 aliphatic heterocycles. The zero-order valence-electron chi connectivity index (χ0n) is 14.3. The molecule has 2 fully saturated rings. The second-order valence-electron chi connectivity index (χ2n) is 7.27. The number of aliphatic hydroxyl groups excluding tert-OH is 3. The molecule has 1 aromatic rings. The standard InChI is InChI=1S/C18H23N3O5/c22-9-10-5-6-20(8-10)11-1-2-12-13(7-11)18(26)21(17(12)25)14-3-4-15(23)19-16(14)24/h1-2,7,10,14-16,19,22-24H,3-6,8-9H2. The first-order valence-corrected chi connectivity index (χ1v) is 8.99. The molecule has 0 bridgehead atoms. The fourth-order valence-corrected chi connectivity index (χ4v) is 4.11. The van der Waals surface area contributed by atoms with Crippen LogP contribution in [-0.2, 0) is 0 Å². The van der Waals surface area contributed by atoms with Gasteiger partial charge in [-0.25, -0.2) is 0 Å². The van der Waals surface area contributed by atoms with Gasteiger partial charge in [-0.05, 0) is 37.5 Å². The third-order valence-corrected chi connectivity index (χ3v) is 5.61. The number of rotatable bonds is 3. The number of aliphatic hydroxyl groups is 3. The molecule has 26 heavy (non-hydrogen) atoms. The number of carbonyl (C=O) groups excluding carboxylic acids is 2. The van der Waals surface area contributed by atoms with Crippen molar-refractivity contribution < 1.29 is 24.9 Å². The Morgan fingerprint density at radius 2 is 1.85 bits per heavy atom. The van der Waals surface area contributed by atoms with E-state index in [0.717, 1.165) is 30.1 Å². The number of hydrogen-bond acceptors (Lipinski definition) is 7.